The zero-order chi connectivity index (χ0) is 7.52. The van der Waals surface area contributed by atoms with E-state index >= 15 is 0 Å². The van der Waals surface area contributed by atoms with Gasteiger partial charge in [-0.1, -0.05) is 9.98 Å². The highest BCUT2D eigenvalue weighted by Gasteiger charge is 2.21. The third kappa shape index (κ3) is 1.07. The highest BCUT2D eigenvalue weighted by molar-refractivity contribution is 6.18. The van der Waals surface area contributed by atoms with E-state index in [-0.39, 0.29) is 0 Å². The number of aromatic nitrogens is 3. The first-order valence-electron chi connectivity index (χ1n) is 3.03. The minimum Gasteiger partial charge on any atom is -0.225 e. The van der Waals surface area contributed by atoms with Gasteiger partial charge in [0, 0.05) is 0 Å². The first kappa shape index (κ1) is 5.96. The molecule has 0 amide bonds. The highest BCUT2D eigenvalue weighted by atomic mass is 15.1. The van der Waals surface area contributed by atoms with Crippen molar-refractivity contribution in [2.24, 2.45) is 9.98 Å². The predicted molar refractivity (Wildman–Crippen MR) is 39.2 cm³/mol. The Bertz CT molecular complexity index is 279. The van der Waals surface area contributed by atoms with Gasteiger partial charge in [-0.05, 0) is 0 Å². The minimum atomic E-state index is 0.505. The summed E-state index contributed by atoms with van der Waals surface area (Å²) in [4.78, 5) is 19.3. The van der Waals surface area contributed by atoms with E-state index in [1.807, 2.05) is 0 Å². The summed E-state index contributed by atoms with van der Waals surface area (Å²) in [7, 11) is 0. The van der Waals surface area contributed by atoms with Crippen molar-refractivity contribution in [3.63, 3.8) is 0 Å². The van der Waals surface area contributed by atoms with Gasteiger partial charge in [0.15, 0.2) is 12.4 Å². The van der Waals surface area contributed by atoms with E-state index in [0.717, 1.165) is 0 Å². The number of hydrogen-bond acceptors (Lipinski definition) is 5. The molecule has 0 radical (unpaired) electrons. The summed E-state index contributed by atoms with van der Waals surface area (Å²) in [5, 5.41) is 0. The maximum Gasteiger partial charge on any atom is 0.310 e. The second-order valence-electron chi connectivity index (χ2n) is 1.84. The Kier molecular flexibility index (Phi) is 1.33. The zero-order valence-corrected chi connectivity index (χ0v) is 5.55. The van der Waals surface area contributed by atoms with Crippen LogP contribution in [0.1, 0.15) is 5.82 Å². The van der Waals surface area contributed by atoms with Gasteiger partial charge in [0.1, 0.15) is 12.7 Å². The van der Waals surface area contributed by atoms with Crippen molar-refractivity contribution in [1.29, 1.82) is 0 Å². The van der Waals surface area contributed by atoms with Crippen LogP contribution in [0.4, 0.5) is 0 Å². The molecule has 2 rings (SSSR count). The lowest BCUT2D eigenvalue weighted by Gasteiger charge is -1.90. The van der Waals surface area contributed by atoms with Crippen LogP contribution >= 0.6 is 0 Å². The molecule has 5 nitrogen and oxygen atoms in total. The molecule has 0 saturated carbocycles. The SMILES string of the molecule is C1=N[C+](c2ncncn2)N=C1. The van der Waals surface area contributed by atoms with Crippen molar-refractivity contribution in [3.05, 3.63) is 24.6 Å². The first-order valence-corrected chi connectivity index (χ1v) is 3.03. The van der Waals surface area contributed by atoms with Crippen LogP contribution in [-0.4, -0.2) is 27.4 Å². The molecule has 2 heterocycles. The fraction of sp³-hybridized carbons (Fsp3) is 0. The van der Waals surface area contributed by atoms with Crippen LogP contribution in [0.2, 0.25) is 0 Å². The average molecular weight is 146 g/mol. The van der Waals surface area contributed by atoms with Crippen molar-refractivity contribution in [2.45, 2.75) is 0 Å². The van der Waals surface area contributed by atoms with Gasteiger partial charge in [-0.15, -0.1) is 0 Å². The van der Waals surface area contributed by atoms with Crippen molar-refractivity contribution >= 4 is 12.4 Å². The Hall–Kier alpha value is -1.78. The molecule has 0 spiro atoms. The molecule has 1 aromatic heterocycles. The number of rotatable bonds is 1. The largest absolute Gasteiger partial charge is 0.310 e. The number of aliphatic imine (C=N–C) groups is 2. The molecule has 1 aromatic rings. The molecule has 5 heteroatoms. The molecule has 0 bridgehead atoms. The lowest BCUT2D eigenvalue weighted by Crippen LogP contribution is -1.98. The van der Waals surface area contributed by atoms with Crippen molar-refractivity contribution in [3.8, 4) is 0 Å². The van der Waals surface area contributed by atoms with Gasteiger partial charge in [-0.2, -0.15) is 0 Å². The molecule has 0 N–H and O–H groups in total. The first-order chi connectivity index (χ1) is 5.47. The fourth-order valence-corrected chi connectivity index (χ4v) is 0.711. The molecule has 1 aliphatic rings. The van der Waals surface area contributed by atoms with Gasteiger partial charge in [0.2, 0.25) is 0 Å². The molecule has 11 heavy (non-hydrogen) atoms. The van der Waals surface area contributed by atoms with Crippen LogP contribution in [-0.2, 0) is 0 Å². The predicted octanol–water partition coefficient (Wildman–Crippen LogP) is -0.136. The minimum absolute atomic E-state index is 0.505. The molecular formula is C6H4N5+. The zero-order valence-electron chi connectivity index (χ0n) is 5.55. The summed E-state index contributed by atoms with van der Waals surface area (Å²) in [6.45, 7) is 0. The van der Waals surface area contributed by atoms with Gasteiger partial charge in [-0.3, -0.25) is 0 Å². The summed E-state index contributed by atoms with van der Waals surface area (Å²) in [6, 6.07) is 0. The molecule has 0 aromatic carbocycles. The van der Waals surface area contributed by atoms with E-state index in [4.69, 9.17) is 0 Å². The van der Waals surface area contributed by atoms with E-state index in [0.29, 0.717) is 12.0 Å². The van der Waals surface area contributed by atoms with E-state index < -0.39 is 0 Å². The standard InChI is InChI=1S/C6H4N5/c1-2-9-5(8-1)6-10-3-7-4-11-6/h1-4H/q+1. The van der Waals surface area contributed by atoms with E-state index in [1.165, 1.54) is 12.7 Å². The summed E-state index contributed by atoms with van der Waals surface area (Å²) < 4.78 is 0. The molecule has 0 saturated heterocycles. The topological polar surface area (TPSA) is 63.4 Å². The Morgan fingerprint density at radius 1 is 1.00 bits per heavy atom. The molecule has 0 aliphatic carbocycles. The molecule has 52 valence electrons. The Morgan fingerprint density at radius 3 is 2.27 bits per heavy atom. The van der Waals surface area contributed by atoms with Crippen LogP contribution in [0.15, 0.2) is 22.6 Å². The summed E-state index contributed by atoms with van der Waals surface area (Å²) in [5.74, 6) is 0.505. The normalized spacial score (nSPS) is 14.4. The third-order valence-electron chi connectivity index (χ3n) is 1.15. The monoisotopic (exact) mass is 146 g/mol. The van der Waals surface area contributed by atoms with Crippen molar-refractivity contribution < 1.29 is 0 Å². The van der Waals surface area contributed by atoms with Gasteiger partial charge < -0.3 is 0 Å². The van der Waals surface area contributed by atoms with Crippen molar-refractivity contribution in [2.75, 3.05) is 0 Å². The van der Waals surface area contributed by atoms with Crippen LogP contribution in [0.5, 0.6) is 0 Å². The maximum atomic E-state index is 3.92. The molecular weight excluding hydrogens is 142 g/mol. The van der Waals surface area contributed by atoms with Crippen molar-refractivity contribution in [1.82, 2.24) is 15.0 Å². The lowest BCUT2D eigenvalue weighted by molar-refractivity contribution is 0.893. The fourth-order valence-electron chi connectivity index (χ4n) is 0.711. The van der Waals surface area contributed by atoms with Crippen LogP contribution in [0.3, 0.4) is 0 Å². The van der Waals surface area contributed by atoms with Crippen LogP contribution in [0, 0.1) is 6.17 Å². The molecule has 1 aliphatic heterocycles. The number of hydrogen-bond donors (Lipinski definition) is 0. The van der Waals surface area contributed by atoms with E-state index in [1.54, 1.807) is 12.4 Å². The Morgan fingerprint density at radius 2 is 1.64 bits per heavy atom. The molecule has 0 fully saturated rings. The molecule has 0 unspecified atom stereocenters. The second kappa shape index (κ2) is 2.45. The van der Waals surface area contributed by atoms with Crippen LogP contribution < -0.4 is 0 Å². The Balaban J connectivity index is 2.30. The van der Waals surface area contributed by atoms with Gasteiger partial charge in [0.05, 0.1) is 0 Å². The third-order valence-corrected chi connectivity index (χ3v) is 1.15. The lowest BCUT2D eigenvalue weighted by atomic mass is 10.5. The quantitative estimate of drug-likeness (QED) is 0.518. The Labute approximate surface area is 63.0 Å². The van der Waals surface area contributed by atoms with E-state index in [9.17, 15) is 0 Å². The average Bonchev–Trinajstić information content (AvgIpc) is 2.58. The number of nitrogens with zero attached hydrogens (tertiary/aromatic N) is 5. The summed E-state index contributed by atoms with van der Waals surface area (Å²) >= 11 is 0. The van der Waals surface area contributed by atoms with Gasteiger partial charge in [0.25, 0.3) is 5.82 Å². The van der Waals surface area contributed by atoms with Gasteiger partial charge in [-0.25, -0.2) is 15.0 Å². The van der Waals surface area contributed by atoms with E-state index in [2.05, 4.69) is 24.9 Å². The van der Waals surface area contributed by atoms with Crippen LogP contribution in [0.25, 0.3) is 0 Å². The van der Waals surface area contributed by atoms with Gasteiger partial charge >= 0.3 is 6.17 Å². The smallest absolute Gasteiger partial charge is 0.225 e. The second-order valence-corrected chi connectivity index (χ2v) is 1.84. The maximum absolute atomic E-state index is 3.92. The molecule has 0 atom stereocenters. The summed E-state index contributed by atoms with van der Waals surface area (Å²) in [6.07, 6.45) is 6.56. The highest BCUT2D eigenvalue weighted by Crippen LogP contribution is 2.12. The summed E-state index contributed by atoms with van der Waals surface area (Å²) in [5.41, 5.74) is 0.